The summed E-state index contributed by atoms with van der Waals surface area (Å²) in [5, 5.41) is 12.4. The van der Waals surface area contributed by atoms with Gasteiger partial charge in [-0.2, -0.15) is 0 Å². The lowest BCUT2D eigenvalue weighted by Crippen LogP contribution is -2.45. The van der Waals surface area contributed by atoms with Gasteiger partial charge >= 0.3 is 6.03 Å². The number of carbonyl (C=O) groups is 1. The summed E-state index contributed by atoms with van der Waals surface area (Å²) < 4.78 is 5.64. The van der Waals surface area contributed by atoms with E-state index >= 15 is 0 Å². The second kappa shape index (κ2) is 7.84. The summed E-state index contributed by atoms with van der Waals surface area (Å²) in [7, 11) is 1.80. The van der Waals surface area contributed by atoms with Gasteiger partial charge in [-0.15, -0.1) is 0 Å². The lowest BCUT2D eigenvalue weighted by Gasteiger charge is -2.30. The summed E-state index contributed by atoms with van der Waals surface area (Å²) in [6, 6.07) is -0.0714. The maximum Gasteiger partial charge on any atom is 0.317 e. The fourth-order valence-electron chi connectivity index (χ4n) is 2.66. The highest BCUT2D eigenvalue weighted by Crippen LogP contribution is 2.21. The highest BCUT2D eigenvalue weighted by Gasteiger charge is 2.23. The van der Waals surface area contributed by atoms with Crippen LogP contribution >= 0.6 is 0 Å². The van der Waals surface area contributed by atoms with Crippen LogP contribution in [0.1, 0.15) is 46.5 Å². The first-order chi connectivity index (χ1) is 9.30. The molecule has 0 aromatic rings. The summed E-state index contributed by atoms with van der Waals surface area (Å²) in [5.41, 5.74) is -0.105. The van der Waals surface area contributed by atoms with Crippen LogP contribution in [0.4, 0.5) is 4.79 Å². The molecule has 0 bridgehead atoms. The highest BCUT2D eigenvalue weighted by atomic mass is 16.5. The minimum absolute atomic E-state index is 0.0714. The smallest absolute Gasteiger partial charge is 0.317 e. The molecule has 5 heteroatoms. The highest BCUT2D eigenvalue weighted by molar-refractivity contribution is 5.73. The normalized spacial score (nSPS) is 21.4. The number of aliphatic hydroxyl groups is 1. The Morgan fingerprint density at radius 2 is 2.20 bits per heavy atom. The van der Waals surface area contributed by atoms with Gasteiger partial charge in [-0.05, 0) is 38.0 Å². The number of nitrogens with one attached hydrogen (secondary N) is 1. The molecule has 1 aliphatic heterocycles. The predicted octanol–water partition coefficient (Wildman–Crippen LogP) is 1.99. The Morgan fingerprint density at radius 3 is 2.75 bits per heavy atom. The van der Waals surface area contributed by atoms with E-state index in [-0.39, 0.29) is 23.7 Å². The van der Waals surface area contributed by atoms with Crippen LogP contribution < -0.4 is 5.32 Å². The SMILES string of the molecule is CC(O)CC(C)(C)CNC(=O)N(C)CC1CCCCO1. The Hall–Kier alpha value is -0.810. The molecule has 1 saturated heterocycles. The second-order valence-corrected chi connectivity index (χ2v) is 6.75. The van der Waals surface area contributed by atoms with Crippen molar-refractivity contribution >= 4 is 6.03 Å². The van der Waals surface area contributed by atoms with E-state index in [9.17, 15) is 9.90 Å². The molecule has 0 aromatic heterocycles. The van der Waals surface area contributed by atoms with Crippen LogP contribution in [0.5, 0.6) is 0 Å². The van der Waals surface area contributed by atoms with Crippen molar-refractivity contribution in [1.29, 1.82) is 0 Å². The molecule has 2 amide bonds. The average Bonchev–Trinajstić information content (AvgIpc) is 2.35. The number of likely N-dealkylation sites (N-methyl/N-ethyl adjacent to an activating group) is 1. The van der Waals surface area contributed by atoms with E-state index in [0.29, 0.717) is 19.5 Å². The van der Waals surface area contributed by atoms with Crippen LogP contribution in [0, 0.1) is 5.41 Å². The Bertz CT molecular complexity index is 299. The molecule has 1 rings (SSSR count). The van der Waals surface area contributed by atoms with Crippen LogP contribution in [0.3, 0.4) is 0 Å². The monoisotopic (exact) mass is 286 g/mol. The fourth-order valence-corrected chi connectivity index (χ4v) is 2.66. The Morgan fingerprint density at radius 1 is 1.50 bits per heavy atom. The van der Waals surface area contributed by atoms with E-state index in [1.165, 1.54) is 6.42 Å². The van der Waals surface area contributed by atoms with Gasteiger partial charge in [0.1, 0.15) is 0 Å². The summed E-state index contributed by atoms with van der Waals surface area (Å²) in [5.74, 6) is 0. The number of nitrogens with zero attached hydrogens (tertiary/aromatic N) is 1. The van der Waals surface area contributed by atoms with Crippen molar-refractivity contribution in [2.24, 2.45) is 5.41 Å². The standard InChI is InChI=1S/C15H30N2O3/c1-12(18)9-15(2,3)11-16-14(19)17(4)10-13-7-5-6-8-20-13/h12-13,18H,5-11H2,1-4H3,(H,16,19). The molecule has 0 aromatic carbocycles. The third-order valence-electron chi connectivity index (χ3n) is 3.66. The number of carbonyl (C=O) groups excluding carboxylic acids is 1. The van der Waals surface area contributed by atoms with Gasteiger partial charge in [0.05, 0.1) is 12.2 Å². The van der Waals surface area contributed by atoms with Crippen molar-refractivity contribution in [3.05, 3.63) is 0 Å². The number of ether oxygens (including phenoxy) is 1. The lowest BCUT2D eigenvalue weighted by molar-refractivity contribution is 0.00371. The van der Waals surface area contributed by atoms with Gasteiger partial charge in [0.2, 0.25) is 0 Å². The zero-order chi connectivity index (χ0) is 15.2. The topological polar surface area (TPSA) is 61.8 Å². The van der Waals surface area contributed by atoms with E-state index in [4.69, 9.17) is 4.74 Å². The van der Waals surface area contributed by atoms with E-state index in [1.807, 2.05) is 13.8 Å². The molecule has 1 heterocycles. The summed E-state index contributed by atoms with van der Waals surface area (Å²) in [6.45, 7) is 7.88. The first kappa shape index (κ1) is 17.2. The van der Waals surface area contributed by atoms with Gasteiger partial charge in [0, 0.05) is 26.7 Å². The zero-order valence-corrected chi connectivity index (χ0v) is 13.3. The molecule has 0 radical (unpaired) electrons. The first-order valence-corrected chi connectivity index (χ1v) is 7.59. The summed E-state index contributed by atoms with van der Waals surface area (Å²) in [4.78, 5) is 13.7. The van der Waals surface area contributed by atoms with Crippen molar-refractivity contribution in [3.63, 3.8) is 0 Å². The van der Waals surface area contributed by atoms with Crippen LogP contribution in [-0.4, -0.2) is 55.0 Å². The predicted molar refractivity (Wildman–Crippen MR) is 79.7 cm³/mol. The quantitative estimate of drug-likeness (QED) is 0.785. The van der Waals surface area contributed by atoms with E-state index in [1.54, 1.807) is 18.9 Å². The molecule has 2 N–H and O–H groups in total. The van der Waals surface area contributed by atoms with Gasteiger partial charge < -0.3 is 20.1 Å². The number of amides is 2. The molecule has 1 aliphatic rings. The number of hydrogen-bond donors (Lipinski definition) is 2. The number of urea groups is 1. The van der Waals surface area contributed by atoms with Gasteiger partial charge in [-0.25, -0.2) is 4.79 Å². The number of hydrogen-bond acceptors (Lipinski definition) is 3. The Kier molecular flexibility index (Phi) is 6.76. The first-order valence-electron chi connectivity index (χ1n) is 7.59. The van der Waals surface area contributed by atoms with Gasteiger partial charge in [-0.1, -0.05) is 13.8 Å². The maximum atomic E-state index is 12.0. The van der Waals surface area contributed by atoms with Gasteiger partial charge in [0.25, 0.3) is 0 Å². The fraction of sp³-hybridized carbons (Fsp3) is 0.933. The van der Waals surface area contributed by atoms with Crippen LogP contribution in [0.15, 0.2) is 0 Å². The summed E-state index contributed by atoms with van der Waals surface area (Å²) in [6.07, 6.45) is 3.83. The second-order valence-electron chi connectivity index (χ2n) is 6.75. The third kappa shape index (κ3) is 6.57. The lowest BCUT2D eigenvalue weighted by atomic mass is 9.87. The molecule has 5 nitrogen and oxygen atoms in total. The Balaban J connectivity index is 2.30. The van der Waals surface area contributed by atoms with Crippen molar-refractivity contribution in [3.8, 4) is 0 Å². The molecule has 20 heavy (non-hydrogen) atoms. The van der Waals surface area contributed by atoms with Crippen LogP contribution in [0.2, 0.25) is 0 Å². The zero-order valence-electron chi connectivity index (χ0n) is 13.3. The average molecular weight is 286 g/mol. The van der Waals surface area contributed by atoms with Crippen LogP contribution in [-0.2, 0) is 4.74 Å². The van der Waals surface area contributed by atoms with Crippen molar-refractivity contribution < 1.29 is 14.6 Å². The maximum absolute atomic E-state index is 12.0. The molecule has 1 fully saturated rings. The molecular weight excluding hydrogens is 256 g/mol. The molecule has 0 aliphatic carbocycles. The van der Waals surface area contributed by atoms with E-state index < -0.39 is 0 Å². The molecule has 0 saturated carbocycles. The molecule has 118 valence electrons. The minimum atomic E-state index is -0.352. The molecule has 2 unspecified atom stereocenters. The molecule has 2 atom stereocenters. The van der Waals surface area contributed by atoms with Crippen molar-refractivity contribution in [2.45, 2.75) is 58.7 Å². The van der Waals surface area contributed by atoms with Crippen molar-refractivity contribution in [2.75, 3.05) is 26.7 Å². The van der Waals surface area contributed by atoms with Crippen LogP contribution in [0.25, 0.3) is 0 Å². The molecule has 0 spiro atoms. The largest absolute Gasteiger partial charge is 0.393 e. The van der Waals surface area contributed by atoms with E-state index in [0.717, 1.165) is 19.4 Å². The van der Waals surface area contributed by atoms with E-state index in [2.05, 4.69) is 5.32 Å². The minimum Gasteiger partial charge on any atom is -0.393 e. The number of aliphatic hydroxyl groups excluding tert-OH is 1. The van der Waals surface area contributed by atoms with Gasteiger partial charge in [-0.3, -0.25) is 0 Å². The van der Waals surface area contributed by atoms with Crippen molar-refractivity contribution in [1.82, 2.24) is 10.2 Å². The Labute approximate surface area is 122 Å². The summed E-state index contributed by atoms with van der Waals surface area (Å²) >= 11 is 0. The molecular formula is C15H30N2O3. The number of rotatable bonds is 6. The van der Waals surface area contributed by atoms with Gasteiger partial charge in [0.15, 0.2) is 0 Å². The third-order valence-corrected chi connectivity index (χ3v) is 3.66.